The highest BCUT2D eigenvalue weighted by Crippen LogP contribution is 2.27. The number of aryl methyl sites for hydroxylation is 2. The number of rotatable bonds is 4. The number of aromatic nitrogens is 2. The standard InChI is InChI=1S/C21H31N5.HI/c1-16-11-17(2)13-19(12-16)5-7-24-21(22-4)25-9-6-18(3)20(14-25)26-10-8-23-15-26;/h8,10-13,15,18,20H,5-7,9,14H2,1-4H3,(H,22,24);1H. The highest BCUT2D eigenvalue weighted by Gasteiger charge is 2.28. The first-order valence-corrected chi connectivity index (χ1v) is 9.57. The van der Waals surface area contributed by atoms with Gasteiger partial charge in [0.25, 0.3) is 0 Å². The van der Waals surface area contributed by atoms with Crippen LogP contribution >= 0.6 is 24.0 Å². The molecule has 148 valence electrons. The molecule has 0 radical (unpaired) electrons. The molecule has 0 amide bonds. The van der Waals surface area contributed by atoms with Crippen molar-refractivity contribution in [3.8, 4) is 0 Å². The van der Waals surface area contributed by atoms with Crippen LogP contribution in [0.4, 0.5) is 0 Å². The molecule has 0 aliphatic carbocycles. The topological polar surface area (TPSA) is 45.5 Å². The van der Waals surface area contributed by atoms with E-state index in [2.05, 4.69) is 69.9 Å². The quantitative estimate of drug-likeness (QED) is 0.411. The second-order valence-electron chi connectivity index (χ2n) is 7.51. The average Bonchev–Trinajstić information content (AvgIpc) is 3.13. The van der Waals surface area contributed by atoms with Crippen molar-refractivity contribution in [1.29, 1.82) is 0 Å². The van der Waals surface area contributed by atoms with Crippen molar-refractivity contribution in [2.45, 2.75) is 39.7 Å². The smallest absolute Gasteiger partial charge is 0.193 e. The Morgan fingerprint density at radius 2 is 2.00 bits per heavy atom. The summed E-state index contributed by atoms with van der Waals surface area (Å²) in [6, 6.07) is 7.22. The summed E-state index contributed by atoms with van der Waals surface area (Å²) in [6.45, 7) is 9.58. The Kier molecular flexibility index (Phi) is 8.13. The molecule has 2 unspecified atom stereocenters. The first-order valence-electron chi connectivity index (χ1n) is 9.57. The Hall–Kier alpha value is -1.57. The third-order valence-corrected chi connectivity index (χ3v) is 5.32. The molecule has 3 rings (SSSR count). The Bertz CT molecular complexity index is 721. The summed E-state index contributed by atoms with van der Waals surface area (Å²) in [5.74, 6) is 1.65. The fourth-order valence-corrected chi connectivity index (χ4v) is 3.96. The maximum absolute atomic E-state index is 4.53. The molecule has 1 aromatic heterocycles. The lowest BCUT2D eigenvalue weighted by atomic mass is 9.93. The Balaban J connectivity index is 0.00000261. The number of nitrogens with zero attached hydrogens (tertiary/aromatic N) is 4. The zero-order valence-corrected chi connectivity index (χ0v) is 19.2. The zero-order valence-electron chi connectivity index (χ0n) is 16.9. The fourth-order valence-electron chi connectivity index (χ4n) is 3.96. The van der Waals surface area contributed by atoms with Crippen molar-refractivity contribution in [2.75, 3.05) is 26.7 Å². The van der Waals surface area contributed by atoms with Crippen LogP contribution in [0, 0.1) is 19.8 Å². The normalized spacial score (nSPS) is 20.3. The lowest BCUT2D eigenvalue weighted by Crippen LogP contribution is -2.49. The van der Waals surface area contributed by atoms with E-state index < -0.39 is 0 Å². The molecule has 1 aliphatic rings. The van der Waals surface area contributed by atoms with Crippen molar-refractivity contribution in [3.05, 3.63) is 53.6 Å². The summed E-state index contributed by atoms with van der Waals surface area (Å²) in [5, 5.41) is 3.56. The summed E-state index contributed by atoms with van der Waals surface area (Å²) in [6.07, 6.45) is 8.04. The molecule has 1 N–H and O–H groups in total. The van der Waals surface area contributed by atoms with Crippen LogP contribution in [-0.4, -0.2) is 47.1 Å². The van der Waals surface area contributed by atoms with Gasteiger partial charge < -0.3 is 14.8 Å². The van der Waals surface area contributed by atoms with Gasteiger partial charge in [0, 0.05) is 39.1 Å². The minimum absolute atomic E-state index is 0. The molecule has 1 fully saturated rings. The Labute approximate surface area is 180 Å². The van der Waals surface area contributed by atoms with Gasteiger partial charge in [-0.1, -0.05) is 36.2 Å². The minimum Gasteiger partial charge on any atom is -0.356 e. The Morgan fingerprint density at radius 1 is 1.26 bits per heavy atom. The van der Waals surface area contributed by atoms with Gasteiger partial charge in [-0.3, -0.25) is 4.99 Å². The summed E-state index contributed by atoms with van der Waals surface area (Å²) in [5.41, 5.74) is 4.05. The van der Waals surface area contributed by atoms with Crippen molar-refractivity contribution < 1.29 is 0 Å². The van der Waals surface area contributed by atoms with Crippen LogP contribution in [0.1, 0.15) is 36.1 Å². The van der Waals surface area contributed by atoms with E-state index in [-0.39, 0.29) is 24.0 Å². The molecule has 6 heteroatoms. The van der Waals surface area contributed by atoms with Gasteiger partial charge in [0.2, 0.25) is 0 Å². The van der Waals surface area contributed by atoms with Gasteiger partial charge >= 0.3 is 0 Å². The maximum Gasteiger partial charge on any atom is 0.193 e. The third-order valence-electron chi connectivity index (χ3n) is 5.32. The van der Waals surface area contributed by atoms with Gasteiger partial charge in [0.15, 0.2) is 5.96 Å². The monoisotopic (exact) mass is 481 g/mol. The number of guanidine groups is 1. The second kappa shape index (κ2) is 10.1. The number of aliphatic imine (C=N–C) groups is 1. The lowest BCUT2D eigenvalue weighted by Gasteiger charge is -2.39. The summed E-state index contributed by atoms with van der Waals surface area (Å²) < 4.78 is 2.24. The number of imidazole rings is 1. The highest BCUT2D eigenvalue weighted by molar-refractivity contribution is 14.0. The third kappa shape index (κ3) is 5.70. The van der Waals surface area contributed by atoms with Crippen LogP contribution in [0.2, 0.25) is 0 Å². The first kappa shape index (κ1) is 21.7. The summed E-state index contributed by atoms with van der Waals surface area (Å²) >= 11 is 0. The largest absolute Gasteiger partial charge is 0.356 e. The van der Waals surface area contributed by atoms with E-state index in [0.29, 0.717) is 12.0 Å². The molecular weight excluding hydrogens is 449 g/mol. The predicted molar refractivity (Wildman–Crippen MR) is 123 cm³/mol. The molecule has 1 aromatic carbocycles. The van der Waals surface area contributed by atoms with Crippen LogP contribution in [0.25, 0.3) is 0 Å². The molecule has 2 atom stereocenters. The van der Waals surface area contributed by atoms with Crippen molar-refractivity contribution in [1.82, 2.24) is 19.8 Å². The number of hydrogen-bond acceptors (Lipinski definition) is 2. The number of benzene rings is 1. The van der Waals surface area contributed by atoms with Crippen molar-refractivity contribution in [2.24, 2.45) is 10.9 Å². The molecule has 1 saturated heterocycles. The van der Waals surface area contributed by atoms with Crippen molar-refractivity contribution >= 4 is 29.9 Å². The number of nitrogens with one attached hydrogen (secondary N) is 1. The molecule has 0 bridgehead atoms. The minimum atomic E-state index is 0. The summed E-state index contributed by atoms with van der Waals surface area (Å²) in [7, 11) is 1.88. The van der Waals surface area contributed by atoms with Gasteiger partial charge in [-0.05, 0) is 38.2 Å². The van der Waals surface area contributed by atoms with Crippen LogP contribution in [0.5, 0.6) is 0 Å². The molecule has 0 spiro atoms. The molecule has 5 nitrogen and oxygen atoms in total. The van der Waals surface area contributed by atoms with Crippen LogP contribution in [0.3, 0.4) is 0 Å². The van der Waals surface area contributed by atoms with E-state index >= 15 is 0 Å². The number of halogens is 1. The average molecular weight is 481 g/mol. The van der Waals surface area contributed by atoms with E-state index in [1.807, 2.05) is 19.6 Å². The molecular formula is C21H32IN5. The van der Waals surface area contributed by atoms with Gasteiger partial charge in [-0.2, -0.15) is 0 Å². The van der Waals surface area contributed by atoms with E-state index in [0.717, 1.165) is 32.0 Å². The number of hydrogen-bond donors (Lipinski definition) is 1. The van der Waals surface area contributed by atoms with E-state index in [1.54, 1.807) is 0 Å². The van der Waals surface area contributed by atoms with Gasteiger partial charge in [-0.25, -0.2) is 4.98 Å². The molecule has 0 saturated carbocycles. The van der Waals surface area contributed by atoms with Crippen LogP contribution < -0.4 is 5.32 Å². The van der Waals surface area contributed by atoms with Gasteiger partial charge in [0.05, 0.1) is 12.4 Å². The fraction of sp³-hybridized carbons (Fsp3) is 0.524. The Morgan fingerprint density at radius 3 is 2.63 bits per heavy atom. The van der Waals surface area contributed by atoms with Crippen LogP contribution in [0.15, 0.2) is 41.9 Å². The number of likely N-dealkylation sites (tertiary alicyclic amines) is 1. The SMILES string of the molecule is CN=C(NCCc1cc(C)cc(C)c1)N1CCC(C)C(n2ccnc2)C1.I. The highest BCUT2D eigenvalue weighted by atomic mass is 127. The van der Waals surface area contributed by atoms with Crippen LogP contribution in [-0.2, 0) is 6.42 Å². The molecule has 27 heavy (non-hydrogen) atoms. The first-order chi connectivity index (χ1) is 12.6. The molecule has 1 aliphatic heterocycles. The number of piperidine rings is 1. The molecule has 2 heterocycles. The van der Waals surface area contributed by atoms with Gasteiger partial charge in [-0.15, -0.1) is 24.0 Å². The van der Waals surface area contributed by atoms with E-state index in [9.17, 15) is 0 Å². The molecule has 2 aromatic rings. The zero-order chi connectivity index (χ0) is 18.5. The van der Waals surface area contributed by atoms with E-state index in [4.69, 9.17) is 0 Å². The summed E-state index contributed by atoms with van der Waals surface area (Å²) in [4.78, 5) is 11.1. The maximum atomic E-state index is 4.53. The van der Waals surface area contributed by atoms with Gasteiger partial charge in [0.1, 0.15) is 0 Å². The van der Waals surface area contributed by atoms with E-state index in [1.165, 1.54) is 23.1 Å². The second-order valence-corrected chi connectivity index (χ2v) is 7.51. The van der Waals surface area contributed by atoms with Crippen molar-refractivity contribution in [3.63, 3.8) is 0 Å². The lowest BCUT2D eigenvalue weighted by molar-refractivity contribution is 0.189. The predicted octanol–water partition coefficient (Wildman–Crippen LogP) is 3.82.